The Balaban J connectivity index is 1.86. The first-order chi connectivity index (χ1) is 6.76. The predicted molar refractivity (Wildman–Crippen MR) is 52.1 cm³/mol. The molecule has 1 saturated heterocycles. The van der Waals surface area contributed by atoms with Gasteiger partial charge in [0, 0.05) is 26.1 Å². The second kappa shape index (κ2) is 3.99. The Morgan fingerprint density at radius 2 is 2.36 bits per heavy atom. The van der Waals surface area contributed by atoms with Crippen LogP contribution >= 0.6 is 0 Å². The molecule has 3 heteroatoms. The van der Waals surface area contributed by atoms with Crippen LogP contribution in [0.2, 0.25) is 0 Å². The molecule has 3 nitrogen and oxygen atoms in total. The van der Waals surface area contributed by atoms with E-state index >= 15 is 0 Å². The van der Waals surface area contributed by atoms with Crippen LogP contribution in [-0.4, -0.2) is 31.7 Å². The number of rotatable bonds is 4. The molecule has 2 fully saturated rings. The van der Waals surface area contributed by atoms with Crippen LogP contribution in [0.15, 0.2) is 0 Å². The van der Waals surface area contributed by atoms with Crippen LogP contribution in [-0.2, 0) is 14.3 Å². The van der Waals surface area contributed by atoms with Crippen molar-refractivity contribution in [3.05, 3.63) is 0 Å². The zero-order valence-electron chi connectivity index (χ0n) is 8.75. The fraction of sp³-hybridized carbons (Fsp3) is 0.909. The Bertz CT molecular complexity index is 209. The predicted octanol–water partition coefficient (Wildman–Crippen LogP) is 1.55. The highest BCUT2D eigenvalue weighted by molar-refractivity contribution is 5.82. The summed E-state index contributed by atoms with van der Waals surface area (Å²) in [6.45, 7) is 1.37. The molecule has 0 spiro atoms. The number of methoxy groups -OCH3 is 1. The van der Waals surface area contributed by atoms with Gasteiger partial charge in [-0.2, -0.15) is 0 Å². The Morgan fingerprint density at radius 3 is 2.79 bits per heavy atom. The summed E-state index contributed by atoms with van der Waals surface area (Å²) < 4.78 is 10.7. The summed E-state index contributed by atoms with van der Waals surface area (Å²) in [6, 6.07) is 0. The average Bonchev–Trinajstić information content (AvgIpc) is 2.63. The topological polar surface area (TPSA) is 35.5 Å². The van der Waals surface area contributed by atoms with E-state index in [1.807, 2.05) is 0 Å². The molecule has 0 amide bonds. The quantitative estimate of drug-likeness (QED) is 0.687. The number of ether oxygens (including phenoxy) is 2. The van der Waals surface area contributed by atoms with Crippen LogP contribution in [0.3, 0.4) is 0 Å². The van der Waals surface area contributed by atoms with Crippen molar-refractivity contribution in [2.75, 3.05) is 20.3 Å². The molecule has 1 unspecified atom stereocenters. The number of hydrogen-bond donors (Lipinski definition) is 0. The van der Waals surface area contributed by atoms with Crippen molar-refractivity contribution in [3.8, 4) is 0 Å². The van der Waals surface area contributed by atoms with Crippen LogP contribution in [0.1, 0.15) is 32.1 Å². The van der Waals surface area contributed by atoms with Gasteiger partial charge in [-0.25, -0.2) is 0 Å². The lowest BCUT2D eigenvalue weighted by Gasteiger charge is -2.40. The Kier molecular flexibility index (Phi) is 2.88. The van der Waals surface area contributed by atoms with Crippen LogP contribution in [0.5, 0.6) is 0 Å². The molecule has 1 heterocycles. The third kappa shape index (κ3) is 1.84. The summed E-state index contributed by atoms with van der Waals surface area (Å²) >= 11 is 0. The van der Waals surface area contributed by atoms with E-state index in [0.717, 1.165) is 25.9 Å². The highest BCUT2D eigenvalue weighted by Gasteiger charge is 2.40. The van der Waals surface area contributed by atoms with Crippen molar-refractivity contribution in [2.45, 2.75) is 37.7 Å². The molecule has 1 aliphatic heterocycles. The van der Waals surface area contributed by atoms with Gasteiger partial charge in [0.15, 0.2) is 0 Å². The van der Waals surface area contributed by atoms with E-state index in [-0.39, 0.29) is 11.5 Å². The Hall–Kier alpha value is -0.410. The average molecular weight is 198 g/mol. The molecule has 1 saturated carbocycles. The lowest BCUT2D eigenvalue weighted by atomic mass is 9.75. The van der Waals surface area contributed by atoms with E-state index in [4.69, 9.17) is 9.47 Å². The van der Waals surface area contributed by atoms with E-state index in [1.54, 1.807) is 7.11 Å². The maximum Gasteiger partial charge on any atom is 0.141 e. The molecule has 0 bridgehead atoms. The van der Waals surface area contributed by atoms with Crippen molar-refractivity contribution in [1.82, 2.24) is 0 Å². The van der Waals surface area contributed by atoms with Gasteiger partial charge in [0.1, 0.15) is 5.78 Å². The van der Waals surface area contributed by atoms with Gasteiger partial charge in [-0.3, -0.25) is 4.79 Å². The summed E-state index contributed by atoms with van der Waals surface area (Å²) in [5.74, 6) is 0.478. The molecule has 80 valence electrons. The molecule has 0 radical (unpaired) electrons. The lowest BCUT2D eigenvalue weighted by molar-refractivity contribution is -0.135. The largest absolute Gasteiger partial charge is 0.381 e. The molecule has 0 aromatic carbocycles. The summed E-state index contributed by atoms with van der Waals surface area (Å²) in [4.78, 5) is 11.9. The first-order valence-corrected chi connectivity index (χ1v) is 5.41. The number of Topliss-reactive ketones (excluding diaryl/α,β-unsaturated/α-hetero) is 1. The van der Waals surface area contributed by atoms with E-state index in [1.165, 1.54) is 6.42 Å². The molecule has 2 rings (SSSR count). The highest BCUT2D eigenvalue weighted by Crippen LogP contribution is 2.39. The van der Waals surface area contributed by atoms with Crippen LogP contribution < -0.4 is 0 Å². The van der Waals surface area contributed by atoms with Gasteiger partial charge in [0.25, 0.3) is 0 Å². The first-order valence-electron chi connectivity index (χ1n) is 5.41. The van der Waals surface area contributed by atoms with Crippen LogP contribution in [0, 0.1) is 5.92 Å². The zero-order valence-corrected chi connectivity index (χ0v) is 8.75. The summed E-state index contributed by atoms with van der Waals surface area (Å²) in [5.41, 5.74) is -0.111. The third-order valence-corrected chi connectivity index (χ3v) is 3.58. The van der Waals surface area contributed by atoms with Crippen molar-refractivity contribution in [1.29, 1.82) is 0 Å². The number of carbonyl (C=O) groups is 1. The smallest absolute Gasteiger partial charge is 0.141 e. The molecule has 14 heavy (non-hydrogen) atoms. The minimum absolute atomic E-state index is 0.111. The van der Waals surface area contributed by atoms with Crippen molar-refractivity contribution >= 4 is 5.78 Å². The number of hydrogen-bond acceptors (Lipinski definition) is 3. The Morgan fingerprint density at radius 1 is 1.57 bits per heavy atom. The monoisotopic (exact) mass is 198 g/mol. The van der Waals surface area contributed by atoms with Crippen LogP contribution in [0.4, 0.5) is 0 Å². The highest BCUT2D eigenvalue weighted by atomic mass is 16.5. The summed E-state index contributed by atoms with van der Waals surface area (Å²) in [5, 5.41) is 0. The van der Waals surface area contributed by atoms with Gasteiger partial charge in [0.2, 0.25) is 0 Å². The molecule has 2 aliphatic rings. The van der Waals surface area contributed by atoms with Crippen molar-refractivity contribution in [3.63, 3.8) is 0 Å². The van der Waals surface area contributed by atoms with Gasteiger partial charge in [-0.05, 0) is 25.7 Å². The first kappa shape index (κ1) is 10.1. The van der Waals surface area contributed by atoms with Gasteiger partial charge >= 0.3 is 0 Å². The fourth-order valence-electron chi connectivity index (χ4n) is 2.27. The number of ketones is 1. The molecule has 0 aromatic rings. The summed E-state index contributed by atoms with van der Waals surface area (Å²) in [6.07, 6.45) is 4.78. The van der Waals surface area contributed by atoms with Crippen LogP contribution in [0.25, 0.3) is 0 Å². The Labute approximate surface area is 84.8 Å². The molecule has 0 N–H and O–H groups in total. The SMILES string of the molecule is COC1(CC(=O)C2CCOC2)CCC1. The van der Waals surface area contributed by atoms with E-state index < -0.39 is 0 Å². The number of carbonyl (C=O) groups excluding carboxylic acids is 1. The normalized spacial score (nSPS) is 29.9. The molecule has 1 aliphatic carbocycles. The second-order valence-electron chi connectivity index (χ2n) is 4.44. The van der Waals surface area contributed by atoms with Gasteiger partial charge < -0.3 is 9.47 Å². The second-order valence-corrected chi connectivity index (χ2v) is 4.44. The van der Waals surface area contributed by atoms with Crippen molar-refractivity contribution < 1.29 is 14.3 Å². The molecular weight excluding hydrogens is 180 g/mol. The van der Waals surface area contributed by atoms with E-state index in [0.29, 0.717) is 18.8 Å². The molecular formula is C11H18O3. The third-order valence-electron chi connectivity index (χ3n) is 3.58. The minimum atomic E-state index is -0.111. The zero-order chi connectivity index (χ0) is 10.0. The maximum atomic E-state index is 11.9. The fourth-order valence-corrected chi connectivity index (χ4v) is 2.27. The molecule has 0 aromatic heterocycles. The lowest BCUT2D eigenvalue weighted by Crippen LogP contribution is -2.42. The van der Waals surface area contributed by atoms with Crippen molar-refractivity contribution in [2.24, 2.45) is 5.92 Å². The minimum Gasteiger partial charge on any atom is -0.381 e. The summed E-state index contributed by atoms with van der Waals surface area (Å²) in [7, 11) is 1.72. The molecule has 1 atom stereocenters. The van der Waals surface area contributed by atoms with E-state index in [9.17, 15) is 4.79 Å². The van der Waals surface area contributed by atoms with Gasteiger partial charge in [-0.1, -0.05) is 0 Å². The maximum absolute atomic E-state index is 11.9. The van der Waals surface area contributed by atoms with Gasteiger partial charge in [-0.15, -0.1) is 0 Å². The standard InChI is InChI=1S/C11H18O3/c1-13-11(4-2-5-11)7-10(12)9-3-6-14-8-9/h9H,2-8H2,1H3. The van der Waals surface area contributed by atoms with E-state index in [2.05, 4.69) is 0 Å². The van der Waals surface area contributed by atoms with Gasteiger partial charge in [0.05, 0.1) is 12.2 Å².